The number of aryl methyl sites for hydroxylation is 1. The molecule has 0 aliphatic carbocycles. The minimum absolute atomic E-state index is 0.295. The van der Waals surface area contributed by atoms with E-state index >= 15 is 0 Å². The number of carboxylic acid groups (broad SMARTS) is 1. The molecule has 3 heterocycles. The Balaban J connectivity index is 0.000000360. The first-order valence-corrected chi connectivity index (χ1v) is 10.7. The van der Waals surface area contributed by atoms with Crippen molar-refractivity contribution < 1.29 is 35.9 Å². The molecule has 1 aliphatic rings. The van der Waals surface area contributed by atoms with Crippen LogP contribution in [0.3, 0.4) is 0 Å². The minimum Gasteiger partial charge on any atom is -0.475 e. The lowest BCUT2D eigenvalue weighted by Gasteiger charge is -2.04. The number of halogens is 4. The summed E-state index contributed by atoms with van der Waals surface area (Å²) in [5.74, 6) is -3.08. The Morgan fingerprint density at radius 3 is 2.47 bits per heavy atom. The predicted octanol–water partition coefficient (Wildman–Crippen LogP) is 3.74. The Morgan fingerprint density at radius 1 is 1.09 bits per heavy atom. The minimum atomic E-state index is -5.08. The van der Waals surface area contributed by atoms with Crippen LogP contribution >= 0.6 is 0 Å². The molecule has 3 N–H and O–H groups in total. The van der Waals surface area contributed by atoms with Gasteiger partial charge in [0, 0.05) is 35.3 Å². The SMILES string of the molecule is O=C(O)C(F)(F)F.O=S1(=O)NCCCc2[nH]c(-c3ccnc(-c4cccc(F)c4)c3)cc21. The highest BCUT2D eigenvalue weighted by Gasteiger charge is 2.38. The number of carbonyl (C=O) groups is 1. The van der Waals surface area contributed by atoms with Gasteiger partial charge in [0.2, 0.25) is 10.0 Å². The quantitative estimate of drug-likeness (QED) is 0.493. The third-order valence-corrected chi connectivity index (χ3v) is 6.00. The predicted molar refractivity (Wildman–Crippen MR) is 107 cm³/mol. The summed E-state index contributed by atoms with van der Waals surface area (Å²) in [5.41, 5.74) is 3.52. The zero-order chi connectivity index (χ0) is 23.5. The third kappa shape index (κ3) is 5.51. The monoisotopic (exact) mass is 471 g/mol. The number of alkyl halides is 3. The van der Waals surface area contributed by atoms with Gasteiger partial charge >= 0.3 is 12.1 Å². The highest BCUT2D eigenvalue weighted by Crippen LogP contribution is 2.29. The second kappa shape index (κ2) is 9.09. The summed E-state index contributed by atoms with van der Waals surface area (Å²) in [6.07, 6.45) is -2.03. The number of benzene rings is 1. The van der Waals surface area contributed by atoms with Gasteiger partial charge in [-0.3, -0.25) is 4.98 Å². The first-order valence-electron chi connectivity index (χ1n) is 9.21. The maximum atomic E-state index is 13.4. The number of rotatable bonds is 2. The van der Waals surface area contributed by atoms with Crippen LogP contribution in [0.1, 0.15) is 12.1 Å². The van der Waals surface area contributed by atoms with Crippen LogP contribution in [-0.4, -0.2) is 42.2 Å². The highest BCUT2D eigenvalue weighted by atomic mass is 32.2. The lowest BCUT2D eigenvalue weighted by atomic mass is 10.1. The number of nitrogens with one attached hydrogen (secondary N) is 2. The largest absolute Gasteiger partial charge is 0.490 e. The van der Waals surface area contributed by atoms with Crippen LogP contribution in [0.2, 0.25) is 0 Å². The molecule has 0 atom stereocenters. The average molecular weight is 471 g/mol. The molecule has 4 rings (SSSR count). The summed E-state index contributed by atoms with van der Waals surface area (Å²) < 4.78 is 72.3. The van der Waals surface area contributed by atoms with E-state index in [0.717, 1.165) is 12.0 Å². The number of aromatic nitrogens is 2. The average Bonchev–Trinajstić information content (AvgIpc) is 3.11. The molecule has 0 saturated carbocycles. The van der Waals surface area contributed by atoms with E-state index in [-0.39, 0.29) is 5.82 Å². The standard InChI is InChI=1S/C18H16FN3O2S.C2HF3O2/c19-14-4-1-3-12(9-14)16-10-13(6-8-20-16)17-11-18-15(22-17)5-2-7-21-25(18,23)24;3-2(4,5)1(6)7/h1,3-4,6,8-11,21-22H,2,5,7H2;(H,6,7). The topological polar surface area (TPSA) is 112 Å². The highest BCUT2D eigenvalue weighted by molar-refractivity contribution is 7.89. The van der Waals surface area contributed by atoms with Gasteiger partial charge in [-0.2, -0.15) is 13.2 Å². The lowest BCUT2D eigenvalue weighted by Crippen LogP contribution is -2.22. The molecule has 0 fully saturated rings. The van der Waals surface area contributed by atoms with E-state index in [4.69, 9.17) is 9.90 Å². The molecule has 12 heteroatoms. The van der Waals surface area contributed by atoms with E-state index < -0.39 is 22.2 Å². The molecule has 1 aromatic carbocycles. The summed E-state index contributed by atoms with van der Waals surface area (Å²) in [6, 6.07) is 11.5. The third-order valence-electron chi connectivity index (χ3n) is 4.48. The Bertz CT molecular complexity index is 1240. The van der Waals surface area contributed by atoms with Gasteiger partial charge in [-0.15, -0.1) is 0 Å². The Labute approximate surface area is 180 Å². The van der Waals surface area contributed by atoms with Crippen LogP contribution in [0.5, 0.6) is 0 Å². The number of hydrogen-bond acceptors (Lipinski definition) is 4. The molecule has 0 saturated heterocycles. The number of aliphatic carboxylic acids is 1. The summed E-state index contributed by atoms with van der Waals surface area (Å²) in [5, 5.41) is 7.12. The fourth-order valence-electron chi connectivity index (χ4n) is 3.01. The van der Waals surface area contributed by atoms with Crippen LogP contribution in [0.4, 0.5) is 17.6 Å². The van der Waals surface area contributed by atoms with E-state index in [1.807, 2.05) is 6.07 Å². The molecule has 3 aromatic rings. The van der Waals surface area contributed by atoms with Crippen LogP contribution in [0.25, 0.3) is 22.5 Å². The van der Waals surface area contributed by atoms with Gasteiger partial charge in [0.25, 0.3) is 0 Å². The van der Waals surface area contributed by atoms with E-state index in [1.165, 1.54) is 12.1 Å². The molecule has 7 nitrogen and oxygen atoms in total. The number of aromatic amines is 1. The second-order valence-electron chi connectivity index (χ2n) is 6.77. The van der Waals surface area contributed by atoms with E-state index in [9.17, 15) is 26.0 Å². The summed E-state index contributed by atoms with van der Waals surface area (Å²) >= 11 is 0. The van der Waals surface area contributed by atoms with Crippen molar-refractivity contribution in [3.63, 3.8) is 0 Å². The van der Waals surface area contributed by atoms with Gasteiger partial charge in [-0.25, -0.2) is 22.3 Å². The van der Waals surface area contributed by atoms with Gasteiger partial charge < -0.3 is 10.1 Å². The van der Waals surface area contributed by atoms with Gasteiger partial charge in [-0.05, 0) is 43.2 Å². The van der Waals surface area contributed by atoms with Crippen molar-refractivity contribution in [1.82, 2.24) is 14.7 Å². The van der Waals surface area contributed by atoms with Crippen molar-refractivity contribution >= 4 is 16.0 Å². The lowest BCUT2D eigenvalue weighted by molar-refractivity contribution is -0.192. The molecule has 32 heavy (non-hydrogen) atoms. The molecule has 0 bridgehead atoms. The zero-order valence-corrected chi connectivity index (χ0v) is 17.1. The van der Waals surface area contributed by atoms with Gasteiger partial charge in [0.1, 0.15) is 10.7 Å². The number of nitrogens with zero attached hydrogens (tertiary/aromatic N) is 1. The summed E-state index contributed by atoms with van der Waals surface area (Å²) in [6.45, 7) is 0.444. The first kappa shape index (κ1) is 23.4. The van der Waals surface area contributed by atoms with Crippen molar-refractivity contribution in [2.75, 3.05) is 6.54 Å². The van der Waals surface area contributed by atoms with Crippen LogP contribution in [0.15, 0.2) is 53.6 Å². The fourth-order valence-corrected chi connectivity index (χ4v) is 4.33. The summed E-state index contributed by atoms with van der Waals surface area (Å²) in [7, 11) is -3.48. The van der Waals surface area contributed by atoms with E-state index in [2.05, 4.69) is 14.7 Å². The number of fused-ring (bicyclic) bond motifs is 1. The van der Waals surface area contributed by atoms with Crippen LogP contribution in [-0.2, 0) is 21.2 Å². The number of sulfonamides is 1. The van der Waals surface area contributed by atoms with Crippen molar-refractivity contribution in [3.8, 4) is 22.5 Å². The molecule has 0 spiro atoms. The van der Waals surface area contributed by atoms with Gasteiger partial charge in [-0.1, -0.05) is 12.1 Å². The van der Waals surface area contributed by atoms with Gasteiger partial charge in [0.15, 0.2) is 0 Å². The molecule has 170 valence electrons. The Kier molecular flexibility index (Phi) is 6.65. The molecular formula is C20H17F4N3O4S. The maximum absolute atomic E-state index is 13.4. The number of pyridine rings is 1. The molecular weight excluding hydrogens is 454 g/mol. The summed E-state index contributed by atoms with van der Waals surface area (Å²) in [4.78, 5) is 16.7. The van der Waals surface area contributed by atoms with E-state index in [1.54, 1.807) is 30.5 Å². The molecule has 0 amide bonds. The normalized spacial score (nSPS) is 15.1. The molecule has 2 aromatic heterocycles. The fraction of sp³-hybridized carbons (Fsp3) is 0.200. The second-order valence-corrected chi connectivity index (χ2v) is 8.51. The van der Waals surface area contributed by atoms with Gasteiger partial charge in [0.05, 0.1) is 5.69 Å². The molecule has 1 aliphatic heterocycles. The van der Waals surface area contributed by atoms with Crippen molar-refractivity contribution in [2.24, 2.45) is 0 Å². The zero-order valence-electron chi connectivity index (χ0n) is 16.3. The van der Waals surface area contributed by atoms with Crippen molar-refractivity contribution in [3.05, 3.63) is 60.2 Å². The smallest absolute Gasteiger partial charge is 0.475 e. The Hall–Kier alpha value is -3.25. The van der Waals surface area contributed by atoms with Crippen molar-refractivity contribution in [2.45, 2.75) is 23.9 Å². The molecule has 0 unspecified atom stereocenters. The first-order chi connectivity index (χ1) is 15.0. The number of hydrogen-bond donors (Lipinski definition) is 3. The number of carboxylic acids is 1. The van der Waals surface area contributed by atoms with Crippen molar-refractivity contribution in [1.29, 1.82) is 0 Å². The molecule has 0 radical (unpaired) electrons. The maximum Gasteiger partial charge on any atom is 0.490 e. The van der Waals surface area contributed by atoms with E-state index in [0.29, 0.717) is 40.5 Å². The Morgan fingerprint density at radius 2 is 1.81 bits per heavy atom. The van der Waals surface area contributed by atoms with Crippen LogP contribution < -0.4 is 4.72 Å². The van der Waals surface area contributed by atoms with Crippen LogP contribution in [0, 0.1) is 5.82 Å². The number of H-pyrrole nitrogens is 1.